The molecule has 1 aromatic heterocycles. The van der Waals surface area contributed by atoms with Crippen molar-refractivity contribution in [1.29, 1.82) is 0 Å². The van der Waals surface area contributed by atoms with Crippen LogP contribution in [-0.4, -0.2) is 55.0 Å². The Labute approximate surface area is 229 Å². The highest BCUT2D eigenvalue weighted by atomic mass is 32.2. The molecule has 10 heteroatoms. The molecule has 0 bridgehead atoms. The molecule has 0 aliphatic heterocycles. The molecular formula is C29H32N4O5S. The summed E-state index contributed by atoms with van der Waals surface area (Å²) in [6, 6.07) is 20.8. The summed E-state index contributed by atoms with van der Waals surface area (Å²) in [4.78, 5) is 18.0. The number of methoxy groups -OCH3 is 2. The van der Waals surface area contributed by atoms with Gasteiger partial charge in [0, 0.05) is 23.5 Å². The Bertz CT molecular complexity index is 1530. The Kier molecular flexibility index (Phi) is 8.37. The van der Waals surface area contributed by atoms with Crippen molar-refractivity contribution in [3.05, 3.63) is 84.6 Å². The number of anilines is 1. The average Bonchev–Trinajstić information content (AvgIpc) is 3.35. The second-order valence-corrected chi connectivity index (χ2v) is 11.1. The fourth-order valence-electron chi connectivity index (χ4n) is 4.01. The van der Waals surface area contributed by atoms with E-state index < -0.39 is 22.0 Å². The van der Waals surface area contributed by atoms with Gasteiger partial charge in [-0.25, -0.2) is 13.4 Å². The molecule has 3 aromatic carbocycles. The highest BCUT2D eigenvalue weighted by Crippen LogP contribution is 2.27. The van der Waals surface area contributed by atoms with E-state index in [-0.39, 0.29) is 17.4 Å². The normalized spacial score (nSPS) is 11.6. The van der Waals surface area contributed by atoms with E-state index in [9.17, 15) is 13.2 Å². The zero-order valence-electron chi connectivity index (χ0n) is 22.6. The summed E-state index contributed by atoms with van der Waals surface area (Å²) in [5.41, 5.74) is 3.37. The quantitative estimate of drug-likeness (QED) is 0.302. The SMILES string of the molecule is COc1ccc(-c2cn(-c3ccc(C)cc3)c(NC(=O)CN(C(C)C)S(=O)(=O)c3ccc(OC)cc3)n2)cc1. The van der Waals surface area contributed by atoms with Crippen LogP contribution in [0, 0.1) is 6.92 Å². The summed E-state index contributed by atoms with van der Waals surface area (Å²) in [5, 5.41) is 2.83. The monoisotopic (exact) mass is 548 g/mol. The van der Waals surface area contributed by atoms with Crippen LogP contribution in [0.5, 0.6) is 11.5 Å². The van der Waals surface area contributed by atoms with Crippen molar-refractivity contribution >= 4 is 21.9 Å². The summed E-state index contributed by atoms with van der Waals surface area (Å²) >= 11 is 0. The van der Waals surface area contributed by atoms with Gasteiger partial charge >= 0.3 is 0 Å². The molecule has 0 spiro atoms. The number of carbonyl (C=O) groups is 1. The van der Waals surface area contributed by atoms with Crippen LogP contribution in [-0.2, 0) is 14.8 Å². The standard InChI is InChI=1S/C29H32N4O5S/c1-20(2)33(39(35,36)26-16-14-25(38-5)15-17-26)19-28(34)31-29-30-27(22-8-12-24(37-4)13-9-22)18-32(29)23-10-6-21(3)7-11-23/h6-18,20H,19H2,1-5H3,(H,30,31,34). The van der Waals surface area contributed by atoms with E-state index in [4.69, 9.17) is 9.47 Å². The van der Waals surface area contributed by atoms with Gasteiger partial charge in [0.15, 0.2) is 0 Å². The number of rotatable bonds is 10. The van der Waals surface area contributed by atoms with Crippen LogP contribution in [0.1, 0.15) is 19.4 Å². The van der Waals surface area contributed by atoms with Gasteiger partial charge in [0.25, 0.3) is 0 Å². The number of hydrogen-bond acceptors (Lipinski definition) is 6. The predicted molar refractivity (Wildman–Crippen MR) is 151 cm³/mol. The lowest BCUT2D eigenvalue weighted by molar-refractivity contribution is -0.116. The third kappa shape index (κ3) is 6.30. The minimum absolute atomic E-state index is 0.0766. The lowest BCUT2D eigenvalue weighted by Gasteiger charge is -2.25. The predicted octanol–water partition coefficient (Wildman–Crippen LogP) is 4.90. The lowest BCUT2D eigenvalue weighted by Crippen LogP contribution is -2.42. The molecule has 0 fully saturated rings. The largest absolute Gasteiger partial charge is 0.497 e. The van der Waals surface area contributed by atoms with Crippen LogP contribution >= 0.6 is 0 Å². The van der Waals surface area contributed by atoms with Crippen LogP contribution in [0.4, 0.5) is 5.95 Å². The molecule has 0 saturated heterocycles. The minimum Gasteiger partial charge on any atom is -0.497 e. The highest BCUT2D eigenvalue weighted by molar-refractivity contribution is 7.89. The number of ether oxygens (including phenoxy) is 2. The molecule has 0 radical (unpaired) electrons. The van der Waals surface area contributed by atoms with Gasteiger partial charge in [-0.15, -0.1) is 0 Å². The topological polar surface area (TPSA) is 103 Å². The number of imidazole rings is 1. The summed E-state index contributed by atoms with van der Waals surface area (Å²) in [7, 11) is -0.836. The molecule has 0 unspecified atom stereocenters. The minimum atomic E-state index is -3.95. The summed E-state index contributed by atoms with van der Waals surface area (Å²) in [5.74, 6) is 1.02. The highest BCUT2D eigenvalue weighted by Gasteiger charge is 2.29. The van der Waals surface area contributed by atoms with Crippen LogP contribution in [0.3, 0.4) is 0 Å². The number of hydrogen-bond donors (Lipinski definition) is 1. The molecule has 4 rings (SSSR count). The van der Waals surface area contributed by atoms with Crippen molar-refractivity contribution in [1.82, 2.24) is 13.9 Å². The number of aromatic nitrogens is 2. The summed E-state index contributed by atoms with van der Waals surface area (Å²) < 4.78 is 40.1. The molecule has 204 valence electrons. The number of sulfonamides is 1. The van der Waals surface area contributed by atoms with Crippen molar-refractivity contribution in [2.24, 2.45) is 0 Å². The van der Waals surface area contributed by atoms with E-state index in [1.54, 1.807) is 37.7 Å². The van der Waals surface area contributed by atoms with Gasteiger partial charge in [-0.1, -0.05) is 17.7 Å². The van der Waals surface area contributed by atoms with Crippen molar-refractivity contribution in [2.45, 2.75) is 31.7 Å². The van der Waals surface area contributed by atoms with Gasteiger partial charge < -0.3 is 9.47 Å². The summed E-state index contributed by atoms with van der Waals surface area (Å²) in [6.45, 7) is 5.06. The average molecular weight is 549 g/mol. The van der Waals surface area contributed by atoms with Crippen molar-refractivity contribution in [2.75, 3.05) is 26.1 Å². The fourth-order valence-corrected chi connectivity index (χ4v) is 5.60. The molecule has 0 aliphatic carbocycles. The Morgan fingerprint density at radius 2 is 1.49 bits per heavy atom. The first-order valence-electron chi connectivity index (χ1n) is 12.4. The number of nitrogens with zero attached hydrogens (tertiary/aromatic N) is 3. The number of amides is 1. The Morgan fingerprint density at radius 3 is 2.03 bits per heavy atom. The van der Waals surface area contributed by atoms with Crippen molar-refractivity contribution in [3.8, 4) is 28.4 Å². The molecule has 0 aliphatic rings. The molecule has 1 heterocycles. The third-order valence-electron chi connectivity index (χ3n) is 6.20. The summed E-state index contributed by atoms with van der Waals surface area (Å²) in [6.07, 6.45) is 1.83. The second-order valence-electron chi connectivity index (χ2n) is 9.25. The Morgan fingerprint density at radius 1 is 0.923 bits per heavy atom. The van der Waals surface area contributed by atoms with E-state index >= 15 is 0 Å². The van der Waals surface area contributed by atoms with Gasteiger partial charge in [0.1, 0.15) is 11.5 Å². The molecule has 9 nitrogen and oxygen atoms in total. The first-order valence-corrected chi connectivity index (χ1v) is 13.8. The maximum Gasteiger partial charge on any atom is 0.243 e. The first-order chi connectivity index (χ1) is 18.6. The van der Waals surface area contributed by atoms with E-state index in [0.717, 1.165) is 26.9 Å². The molecule has 0 atom stereocenters. The number of nitrogens with one attached hydrogen (secondary N) is 1. The third-order valence-corrected chi connectivity index (χ3v) is 8.23. The smallest absolute Gasteiger partial charge is 0.243 e. The van der Waals surface area contributed by atoms with Crippen molar-refractivity contribution < 1.29 is 22.7 Å². The zero-order chi connectivity index (χ0) is 28.2. The lowest BCUT2D eigenvalue weighted by atomic mass is 10.1. The number of benzene rings is 3. The maximum absolute atomic E-state index is 13.4. The molecule has 1 N–H and O–H groups in total. The first kappa shape index (κ1) is 27.9. The van der Waals surface area contributed by atoms with Gasteiger partial charge in [-0.05, 0) is 81.4 Å². The van der Waals surface area contributed by atoms with Gasteiger partial charge in [0.05, 0.1) is 31.4 Å². The maximum atomic E-state index is 13.4. The molecule has 39 heavy (non-hydrogen) atoms. The number of carbonyl (C=O) groups excluding carboxylic acids is 1. The van der Waals surface area contributed by atoms with Gasteiger partial charge in [0.2, 0.25) is 21.9 Å². The van der Waals surface area contributed by atoms with E-state index in [1.807, 2.05) is 61.7 Å². The zero-order valence-corrected chi connectivity index (χ0v) is 23.4. The Hall–Kier alpha value is -4.15. The van der Waals surface area contributed by atoms with Crippen LogP contribution < -0.4 is 14.8 Å². The second kappa shape index (κ2) is 11.7. The van der Waals surface area contributed by atoms with Gasteiger partial charge in [-0.3, -0.25) is 14.7 Å². The van der Waals surface area contributed by atoms with Gasteiger partial charge in [-0.2, -0.15) is 4.31 Å². The Balaban J connectivity index is 1.64. The van der Waals surface area contributed by atoms with E-state index in [2.05, 4.69) is 10.3 Å². The van der Waals surface area contributed by atoms with Crippen LogP contribution in [0.2, 0.25) is 0 Å². The molecule has 1 amide bonds. The van der Waals surface area contributed by atoms with E-state index in [0.29, 0.717) is 11.4 Å². The number of aryl methyl sites for hydroxylation is 1. The fraction of sp³-hybridized carbons (Fsp3) is 0.241. The van der Waals surface area contributed by atoms with Crippen LogP contribution in [0.15, 0.2) is 83.9 Å². The molecular weight excluding hydrogens is 516 g/mol. The molecule has 4 aromatic rings. The van der Waals surface area contributed by atoms with Crippen LogP contribution in [0.25, 0.3) is 16.9 Å². The van der Waals surface area contributed by atoms with E-state index in [1.165, 1.54) is 19.2 Å². The van der Waals surface area contributed by atoms with Crippen molar-refractivity contribution in [3.63, 3.8) is 0 Å². The molecule has 0 saturated carbocycles.